The van der Waals surface area contributed by atoms with Gasteiger partial charge in [0.15, 0.2) is 0 Å². The van der Waals surface area contributed by atoms with Gasteiger partial charge in [-0.15, -0.1) is 0 Å². The van der Waals surface area contributed by atoms with Crippen molar-refractivity contribution in [2.45, 2.75) is 13.8 Å². The van der Waals surface area contributed by atoms with Crippen molar-refractivity contribution in [2.75, 3.05) is 18.4 Å². The third-order valence-electron chi connectivity index (χ3n) is 5.39. The van der Waals surface area contributed by atoms with E-state index in [1.54, 1.807) is 18.3 Å². The van der Waals surface area contributed by atoms with Crippen LogP contribution >= 0.6 is 0 Å². The number of rotatable bonds is 6. The smallest absolute Gasteiger partial charge is 0.319 e. The van der Waals surface area contributed by atoms with Crippen molar-refractivity contribution < 1.29 is 9.18 Å². The number of amides is 2. The summed E-state index contributed by atoms with van der Waals surface area (Å²) in [6.07, 6.45) is 3.74. The number of imidazole rings is 1. The molecule has 0 radical (unpaired) electrons. The van der Waals surface area contributed by atoms with Gasteiger partial charge in [0.2, 0.25) is 0 Å². The second-order valence-corrected chi connectivity index (χ2v) is 8.55. The molecule has 0 saturated carbocycles. The van der Waals surface area contributed by atoms with Gasteiger partial charge in [-0.1, -0.05) is 38.1 Å². The molecule has 2 amide bonds. The van der Waals surface area contributed by atoms with Gasteiger partial charge in [0, 0.05) is 24.0 Å². The first-order chi connectivity index (χ1) is 15.3. The number of nitrogens with one attached hydrogen (secondary N) is 2. The highest BCUT2D eigenvalue weighted by Crippen LogP contribution is 2.27. The first kappa shape index (κ1) is 21.5. The van der Waals surface area contributed by atoms with Crippen LogP contribution in [0.2, 0.25) is 0 Å². The predicted octanol–water partition coefficient (Wildman–Crippen LogP) is 4.91. The van der Waals surface area contributed by atoms with E-state index < -0.39 is 0 Å². The van der Waals surface area contributed by atoms with Crippen molar-refractivity contribution in [1.82, 2.24) is 14.7 Å². The highest BCUT2D eigenvalue weighted by atomic mass is 19.1. The molecule has 2 aromatic heterocycles. The molecule has 164 valence electrons. The van der Waals surface area contributed by atoms with Crippen LogP contribution in [0, 0.1) is 11.2 Å². The minimum atomic E-state index is -0.272. The van der Waals surface area contributed by atoms with E-state index in [2.05, 4.69) is 15.6 Å². The highest BCUT2D eigenvalue weighted by Gasteiger charge is 2.16. The molecular formula is C25H26FN5O. The highest BCUT2D eigenvalue weighted by molar-refractivity contribution is 5.90. The Morgan fingerprint density at radius 3 is 2.59 bits per heavy atom. The lowest BCUT2D eigenvalue weighted by Gasteiger charge is -2.22. The molecule has 0 aliphatic heterocycles. The van der Waals surface area contributed by atoms with E-state index in [9.17, 15) is 9.18 Å². The molecule has 4 rings (SSSR count). The van der Waals surface area contributed by atoms with Crippen LogP contribution in [0.3, 0.4) is 0 Å². The van der Waals surface area contributed by atoms with Crippen LogP contribution in [0.4, 0.5) is 14.9 Å². The summed E-state index contributed by atoms with van der Waals surface area (Å²) in [6, 6.07) is 17.7. The summed E-state index contributed by atoms with van der Waals surface area (Å²) in [6.45, 7) is 4.97. The molecule has 0 aliphatic rings. The summed E-state index contributed by atoms with van der Waals surface area (Å²) in [5.74, 6) is -0.261. The van der Waals surface area contributed by atoms with Crippen LogP contribution in [0.5, 0.6) is 0 Å². The molecule has 2 aromatic carbocycles. The Morgan fingerprint density at radius 2 is 1.84 bits per heavy atom. The molecule has 0 fully saturated rings. The number of pyridine rings is 1. The van der Waals surface area contributed by atoms with Gasteiger partial charge in [-0.3, -0.25) is 4.40 Å². The SMILES string of the molecule is CC(C)(CN)CNC(=O)Nc1cccc(-c2cnc3cc(-c4ccc(F)cc4)ccn23)c1. The number of fused-ring (bicyclic) bond motifs is 1. The molecule has 32 heavy (non-hydrogen) atoms. The van der Waals surface area contributed by atoms with Gasteiger partial charge < -0.3 is 16.4 Å². The molecule has 7 heteroatoms. The third kappa shape index (κ3) is 4.78. The third-order valence-corrected chi connectivity index (χ3v) is 5.39. The molecule has 0 unspecified atom stereocenters. The number of hydrogen-bond acceptors (Lipinski definition) is 3. The zero-order valence-corrected chi connectivity index (χ0v) is 18.1. The van der Waals surface area contributed by atoms with Gasteiger partial charge in [-0.05, 0) is 59.5 Å². The maximum absolute atomic E-state index is 13.2. The standard InChI is InChI=1S/C25H26FN5O/c1-25(2,15-27)16-29-24(32)30-21-5-3-4-19(12-21)22-14-28-23-13-18(10-11-31(22)23)17-6-8-20(26)9-7-17/h3-14H,15-16,27H2,1-2H3,(H2,29,30,32). The Bertz CT molecular complexity index is 1250. The van der Waals surface area contributed by atoms with Crippen LogP contribution in [-0.4, -0.2) is 28.5 Å². The summed E-state index contributed by atoms with van der Waals surface area (Å²) in [4.78, 5) is 16.8. The van der Waals surface area contributed by atoms with Gasteiger partial charge >= 0.3 is 6.03 Å². The second-order valence-electron chi connectivity index (χ2n) is 8.55. The number of nitrogens with zero attached hydrogens (tertiary/aromatic N) is 2. The molecular weight excluding hydrogens is 405 g/mol. The van der Waals surface area contributed by atoms with Gasteiger partial charge in [0.05, 0.1) is 11.9 Å². The van der Waals surface area contributed by atoms with E-state index in [1.807, 2.05) is 60.8 Å². The summed E-state index contributed by atoms with van der Waals surface area (Å²) < 4.78 is 15.2. The van der Waals surface area contributed by atoms with Crippen molar-refractivity contribution in [2.24, 2.45) is 11.1 Å². The Kier molecular flexibility index (Phi) is 5.92. The van der Waals surface area contributed by atoms with E-state index >= 15 is 0 Å². The average molecular weight is 432 g/mol. The Balaban J connectivity index is 1.54. The normalized spacial score (nSPS) is 11.5. The fourth-order valence-electron chi connectivity index (χ4n) is 3.34. The summed E-state index contributed by atoms with van der Waals surface area (Å²) >= 11 is 0. The first-order valence-corrected chi connectivity index (χ1v) is 10.4. The zero-order valence-electron chi connectivity index (χ0n) is 18.1. The van der Waals surface area contributed by atoms with E-state index in [0.717, 1.165) is 28.0 Å². The Morgan fingerprint density at radius 1 is 1.06 bits per heavy atom. The number of anilines is 1. The molecule has 4 aromatic rings. The van der Waals surface area contributed by atoms with Crippen LogP contribution in [0.1, 0.15) is 13.8 Å². The van der Waals surface area contributed by atoms with Gasteiger partial charge in [-0.25, -0.2) is 14.2 Å². The van der Waals surface area contributed by atoms with E-state index in [-0.39, 0.29) is 17.3 Å². The van der Waals surface area contributed by atoms with Crippen LogP contribution in [0.15, 0.2) is 73.1 Å². The fourth-order valence-corrected chi connectivity index (χ4v) is 3.34. The lowest BCUT2D eigenvalue weighted by atomic mass is 9.94. The van der Waals surface area contributed by atoms with Crippen LogP contribution < -0.4 is 16.4 Å². The van der Waals surface area contributed by atoms with Gasteiger partial charge in [-0.2, -0.15) is 0 Å². The van der Waals surface area contributed by atoms with Crippen molar-refractivity contribution in [3.05, 3.63) is 78.9 Å². The molecule has 0 saturated heterocycles. The zero-order chi connectivity index (χ0) is 22.7. The number of carbonyl (C=O) groups is 1. The van der Waals surface area contributed by atoms with Crippen molar-refractivity contribution in [3.8, 4) is 22.4 Å². The first-order valence-electron chi connectivity index (χ1n) is 10.4. The van der Waals surface area contributed by atoms with E-state index in [1.165, 1.54) is 12.1 Å². The predicted molar refractivity (Wildman–Crippen MR) is 126 cm³/mol. The summed E-state index contributed by atoms with van der Waals surface area (Å²) in [7, 11) is 0. The van der Waals surface area contributed by atoms with E-state index in [0.29, 0.717) is 18.8 Å². The minimum absolute atomic E-state index is 0.164. The van der Waals surface area contributed by atoms with Gasteiger partial charge in [0.25, 0.3) is 0 Å². The molecule has 0 spiro atoms. The Hall–Kier alpha value is -3.71. The average Bonchev–Trinajstić information content (AvgIpc) is 3.22. The molecule has 0 bridgehead atoms. The quantitative estimate of drug-likeness (QED) is 0.405. The summed E-state index contributed by atoms with van der Waals surface area (Å²) in [5, 5.41) is 5.73. The largest absolute Gasteiger partial charge is 0.337 e. The fraction of sp³-hybridized carbons (Fsp3) is 0.200. The molecule has 0 atom stereocenters. The second kappa shape index (κ2) is 8.80. The monoisotopic (exact) mass is 431 g/mol. The number of hydrogen-bond donors (Lipinski definition) is 3. The van der Waals surface area contributed by atoms with Crippen LogP contribution in [0.25, 0.3) is 28.0 Å². The molecule has 0 aliphatic carbocycles. The Labute approximate surface area is 186 Å². The summed E-state index contributed by atoms with van der Waals surface area (Å²) in [5.41, 5.74) is 10.7. The topological polar surface area (TPSA) is 84.4 Å². The lowest BCUT2D eigenvalue weighted by molar-refractivity contribution is 0.245. The molecule has 2 heterocycles. The number of urea groups is 1. The van der Waals surface area contributed by atoms with Crippen molar-refractivity contribution >= 4 is 17.4 Å². The van der Waals surface area contributed by atoms with Crippen molar-refractivity contribution in [3.63, 3.8) is 0 Å². The lowest BCUT2D eigenvalue weighted by Crippen LogP contribution is -2.40. The van der Waals surface area contributed by atoms with Crippen molar-refractivity contribution in [1.29, 1.82) is 0 Å². The number of aromatic nitrogens is 2. The van der Waals surface area contributed by atoms with Crippen LogP contribution in [-0.2, 0) is 0 Å². The number of benzene rings is 2. The molecule has 6 nitrogen and oxygen atoms in total. The van der Waals surface area contributed by atoms with E-state index in [4.69, 9.17) is 5.73 Å². The minimum Gasteiger partial charge on any atom is -0.337 e. The molecule has 4 N–H and O–H groups in total. The van der Waals surface area contributed by atoms with Gasteiger partial charge in [0.1, 0.15) is 11.5 Å². The maximum atomic E-state index is 13.2. The maximum Gasteiger partial charge on any atom is 0.319 e. The number of nitrogens with two attached hydrogens (primary N) is 1. The number of halogens is 1. The number of carbonyl (C=O) groups excluding carboxylic acids is 1.